The van der Waals surface area contributed by atoms with Gasteiger partial charge in [0.1, 0.15) is 12.1 Å². The Morgan fingerprint density at radius 3 is 2.38 bits per heavy atom. The summed E-state index contributed by atoms with van der Waals surface area (Å²) in [6, 6.07) is -4.38. The van der Waals surface area contributed by atoms with Gasteiger partial charge in [0.05, 0.1) is 13.5 Å². The number of alkyl halides is 3. The molecule has 1 saturated carbocycles. The summed E-state index contributed by atoms with van der Waals surface area (Å²) < 4.78 is 39.9. The van der Waals surface area contributed by atoms with Crippen LogP contribution >= 0.6 is 0 Å². The molecule has 136 valence electrons. The number of hydroxylamine groups is 1. The molecule has 2 atom stereocenters. The number of urea groups is 1. The van der Waals surface area contributed by atoms with Gasteiger partial charge in [0, 0.05) is 0 Å². The topological polar surface area (TPSA) is 87.7 Å². The van der Waals surface area contributed by atoms with Crippen LogP contribution in [0.15, 0.2) is 0 Å². The second-order valence-corrected chi connectivity index (χ2v) is 6.02. The van der Waals surface area contributed by atoms with Gasteiger partial charge in [-0.05, 0) is 18.8 Å². The van der Waals surface area contributed by atoms with E-state index in [1.165, 1.54) is 7.11 Å². The summed E-state index contributed by atoms with van der Waals surface area (Å²) in [4.78, 5) is 40.2. The molecule has 0 spiro atoms. The van der Waals surface area contributed by atoms with Crippen molar-refractivity contribution < 1.29 is 32.4 Å². The second kappa shape index (κ2) is 7.37. The van der Waals surface area contributed by atoms with Gasteiger partial charge in [0.25, 0.3) is 5.91 Å². The van der Waals surface area contributed by atoms with Gasteiger partial charge in [-0.3, -0.25) is 19.3 Å². The summed E-state index contributed by atoms with van der Waals surface area (Å²) >= 11 is 0. The maximum atomic E-state index is 13.3. The van der Waals surface area contributed by atoms with E-state index in [9.17, 15) is 27.6 Å². The first-order chi connectivity index (χ1) is 11.3. The van der Waals surface area contributed by atoms with Crippen LogP contribution in [0.2, 0.25) is 0 Å². The monoisotopic (exact) mass is 351 g/mol. The zero-order valence-electron chi connectivity index (χ0n) is 13.2. The lowest BCUT2D eigenvalue weighted by Gasteiger charge is -2.39. The van der Waals surface area contributed by atoms with E-state index in [4.69, 9.17) is 0 Å². The van der Waals surface area contributed by atoms with Crippen LogP contribution in [0.25, 0.3) is 0 Å². The third-order valence-electron chi connectivity index (χ3n) is 4.43. The Morgan fingerprint density at radius 1 is 1.25 bits per heavy atom. The fraction of sp³-hybridized carbons (Fsp3) is 0.786. The minimum absolute atomic E-state index is 0.247. The molecule has 1 unspecified atom stereocenters. The van der Waals surface area contributed by atoms with Crippen molar-refractivity contribution in [2.45, 2.75) is 56.8 Å². The van der Waals surface area contributed by atoms with Crippen molar-refractivity contribution in [3.63, 3.8) is 0 Å². The predicted octanol–water partition coefficient (Wildman–Crippen LogP) is 1.49. The average molecular weight is 351 g/mol. The number of carbonyl (C=O) groups excluding carboxylic acids is 3. The molecule has 2 N–H and O–H groups in total. The number of β-lactam (4-membered cyclic amide) rings is 1. The second-order valence-electron chi connectivity index (χ2n) is 6.02. The van der Waals surface area contributed by atoms with Crippen LogP contribution in [0.1, 0.15) is 38.5 Å². The highest BCUT2D eigenvalue weighted by Gasteiger charge is 2.50. The summed E-state index contributed by atoms with van der Waals surface area (Å²) in [7, 11) is 1.17. The van der Waals surface area contributed by atoms with E-state index in [1.54, 1.807) is 0 Å². The number of likely N-dealkylation sites (tertiary alicyclic amines) is 1. The molecule has 0 radical (unpaired) electrons. The summed E-state index contributed by atoms with van der Waals surface area (Å²) in [5.41, 5.74) is 1.96. The molecular formula is C14H20F3N3O4. The van der Waals surface area contributed by atoms with Crippen molar-refractivity contribution >= 4 is 17.8 Å². The Labute approximate surface area is 136 Å². The molecule has 0 aromatic heterocycles. The van der Waals surface area contributed by atoms with Gasteiger partial charge in [0.2, 0.25) is 5.91 Å². The summed E-state index contributed by atoms with van der Waals surface area (Å²) in [5, 5.41) is 1.91. The summed E-state index contributed by atoms with van der Waals surface area (Å²) in [6.45, 7) is 0. The SMILES string of the molecule is CONC(=O)[C@@H]1CC(=O)N1C(=O)NC(C1CCCCC1)C(F)(F)F. The maximum absolute atomic E-state index is 13.3. The molecule has 0 aromatic rings. The van der Waals surface area contributed by atoms with Crippen LogP contribution in [0.5, 0.6) is 0 Å². The Balaban J connectivity index is 2.06. The van der Waals surface area contributed by atoms with Gasteiger partial charge >= 0.3 is 12.2 Å². The fourth-order valence-corrected chi connectivity index (χ4v) is 3.19. The molecule has 1 aliphatic heterocycles. The third kappa shape index (κ3) is 3.97. The van der Waals surface area contributed by atoms with E-state index in [0.717, 1.165) is 6.42 Å². The lowest BCUT2D eigenvalue weighted by atomic mass is 9.83. The largest absolute Gasteiger partial charge is 0.408 e. The zero-order chi connectivity index (χ0) is 17.9. The maximum Gasteiger partial charge on any atom is 0.408 e. The van der Waals surface area contributed by atoms with Crippen LogP contribution in [-0.4, -0.2) is 48.1 Å². The number of rotatable bonds is 4. The van der Waals surface area contributed by atoms with Gasteiger partial charge in [-0.25, -0.2) is 10.3 Å². The van der Waals surface area contributed by atoms with Crippen molar-refractivity contribution in [1.82, 2.24) is 15.7 Å². The van der Waals surface area contributed by atoms with E-state index in [-0.39, 0.29) is 6.42 Å². The molecule has 24 heavy (non-hydrogen) atoms. The van der Waals surface area contributed by atoms with Crippen molar-refractivity contribution in [1.29, 1.82) is 0 Å². The molecular weight excluding hydrogens is 331 g/mol. The highest BCUT2D eigenvalue weighted by Crippen LogP contribution is 2.35. The number of hydrogen-bond donors (Lipinski definition) is 2. The van der Waals surface area contributed by atoms with Gasteiger partial charge in [-0.2, -0.15) is 13.2 Å². The minimum atomic E-state index is -4.62. The van der Waals surface area contributed by atoms with Gasteiger partial charge in [0.15, 0.2) is 0 Å². The number of nitrogens with one attached hydrogen (secondary N) is 2. The average Bonchev–Trinajstić information content (AvgIpc) is 2.50. The number of amides is 4. The van der Waals surface area contributed by atoms with E-state index in [0.29, 0.717) is 30.6 Å². The van der Waals surface area contributed by atoms with Crippen molar-refractivity contribution in [3.8, 4) is 0 Å². The van der Waals surface area contributed by atoms with E-state index < -0.39 is 42.0 Å². The molecule has 0 aromatic carbocycles. The zero-order valence-corrected chi connectivity index (χ0v) is 13.2. The van der Waals surface area contributed by atoms with Crippen LogP contribution in [-0.2, 0) is 14.4 Å². The normalized spacial score (nSPS) is 23.4. The van der Waals surface area contributed by atoms with Crippen LogP contribution in [0, 0.1) is 5.92 Å². The highest BCUT2D eigenvalue weighted by atomic mass is 19.4. The first-order valence-electron chi connectivity index (χ1n) is 7.77. The summed E-state index contributed by atoms with van der Waals surface area (Å²) in [6.07, 6.45) is -1.90. The first-order valence-corrected chi connectivity index (χ1v) is 7.77. The van der Waals surface area contributed by atoms with Gasteiger partial charge < -0.3 is 5.32 Å². The highest BCUT2D eigenvalue weighted by molar-refractivity contribution is 6.07. The lowest BCUT2D eigenvalue weighted by Crippen LogP contribution is -2.66. The molecule has 10 heteroatoms. The molecule has 0 bridgehead atoms. The summed E-state index contributed by atoms with van der Waals surface area (Å²) in [5.74, 6) is -2.17. The number of halogens is 3. The molecule has 2 fully saturated rings. The standard InChI is InChI=1S/C14H20F3N3O4/c1-24-19-12(22)9-7-10(21)20(9)13(23)18-11(14(15,16)17)8-5-3-2-4-6-8/h8-9,11H,2-7H2,1H3,(H,18,23)(H,19,22)/t9-,11?/m0/s1. The Morgan fingerprint density at radius 2 is 1.88 bits per heavy atom. The lowest BCUT2D eigenvalue weighted by molar-refractivity contribution is -0.169. The fourth-order valence-electron chi connectivity index (χ4n) is 3.19. The molecule has 2 aliphatic rings. The van der Waals surface area contributed by atoms with Crippen LogP contribution < -0.4 is 10.8 Å². The van der Waals surface area contributed by atoms with Crippen molar-refractivity contribution in [2.75, 3.05) is 7.11 Å². The van der Waals surface area contributed by atoms with Crippen LogP contribution in [0.3, 0.4) is 0 Å². The minimum Gasteiger partial charge on any atom is -0.325 e. The number of imide groups is 1. The van der Waals surface area contributed by atoms with E-state index in [1.807, 2.05) is 10.8 Å². The van der Waals surface area contributed by atoms with E-state index in [2.05, 4.69) is 4.84 Å². The number of hydrogen-bond acceptors (Lipinski definition) is 4. The quantitative estimate of drug-likeness (QED) is 0.593. The number of carbonyl (C=O) groups is 3. The first kappa shape index (κ1) is 18.5. The Hall–Kier alpha value is -1.84. The molecule has 7 nitrogen and oxygen atoms in total. The van der Waals surface area contributed by atoms with Crippen LogP contribution in [0.4, 0.5) is 18.0 Å². The van der Waals surface area contributed by atoms with Gasteiger partial charge in [-0.15, -0.1) is 0 Å². The Kier molecular flexibility index (Phi) is 5.68. The molecule has 4 amide bonds. The van der Waals surface area contributed by atoms with Crippen molar-refractivity contribution in [3.05, 3.63) is 0 Å². The molecule has 1 saturated heterocycles. The molecule has 1 heterocycles. The molecule has 2 rings (SSSR count). The Bertz CT molecular complexity index is 506. The number of nitrogens with zero attached hydrogens (tertiary/aromatic N) is 1. The predicted molar refractivity (Wildman–Crippen MR) is 75.4 cm³/mol. The molecule has 1 aliphatic carbocycles. The van der Waals surface area contributed by atoms with Crippen molar-refractivity contribution in [2.24, 2.45) is 5.92 Å². The van der Waals surface area contributed by atoms with Gasteiger partial charge in [-0.1, -0.05) is 19.3 Å². The smallest absolute Gasteiger partial charge is 0.325 e. The third-order valence-corrected chi connectivity index (χ3v) is 4.43. The van der Waals surface area contributed by atoms with E-state index >= 15 is 0 Å².